The highest BCUT2D eigenvalue weighted by molar-refractivity contribution is 8.18. The summed E-state index contributed by atoms with van der Waals surface area (Å²) >= 11 is 1.28. The van der Waals surface area contributed by atoms with E-state index in [1.807, 2.05) is 37.3 Å². The van der Waals surface area contributed by atoms with Crippen LogP contribution < -0.4 is 4.74 Å². The molecule has 3 rings (SSSR count). The van der Waals surface area contributed by atoms with E-state index in [0.717, 1.165) is 17.7 Å². The van der Waals surface area contributed by atoms with Crippen LogP contribution in [0.1, 0.15) is 29.3 Å². The summed E-state index contributed by atoms with van der Waals surface area (Å²) in [5.41, 5.74) is 1.61. The van der Waals surface area contributed by atoms with Crippen LogP contribution in [0.3, 0.4) is 0 Å². The predicted octanol–water partition coefficient (Wildman–Crippen LogP) is 4.41. The minimum atomic E-state index is -0.990. The minimum absolute atomic E-state index is 0.142. The van der Waals surface area contributed by atoms with Gasteiger partial charge in [0.2, 0.25) is 0 Å². The lowest BCUT2D eigenvalue weighted by molar-refractivity contribution is -0.121. The molecule has 1 N–H and O–H groups in total. The van der Waals surface area contributed by atoms with Gasteiger partial charge in [-0.1, -0.05) is 25.1 Å². The molecule has 7 heteroatoms. The zero-order valence-corrected chi connectivity index (χ0v) is 16.4. The van der Waals surface area contributed by atoms with Gasteiger partial charge in [0.1, 0.15) is 5.75 Å². The highest BCUT2D eigenvalue weighted by atomic mass is 32.2. The van der Waals surface area contributed by atoms with Crippen LogP contribution in [0.2, 0.25) is 0 Å². The summed E-state index contributed by atoms with van der Waals surface area (Å²) < 4.78 is 5.75. The highest BCUT2D eigenvalue weighted by Crippen LogP contribution is 2.34. The van der Waals surface area contributed by atoms with Gasteiger partial charge in [-0.25, -0.2) is 9.79 Å². The van der Waals surface area contributed by atoms with Gasteiger partial charge in [0.05, 0.1) is 22.8 Å². The number of aliphatic imine (C=N–C) groups is 1. The number of carboxylic acids is 1. The lowest BCUT2D eigenvalue weighted by Gasteiger charge is -2.08. The SMILES string of the molecule is CCCOc1ccccc1/C=C1\SC(=Nc2ccc(C(=O)O)cc2)N(C)C1=O. The third-order valence-corrected chi connectivity index (χ3v) is 5.07. The van der Waals surface area contributed by atoms with Crippen LogP contribution in [-0.2, 0) is 4.79 Å². The van der Waals surface area contributed by atoms with E-state index in [0.29, 0.717) is 22.4 Å². The number of nitrogens with zero attached hydrogens (tertiary/aromatic N) is 2. The molecule has 0 unspecified atom stereocenters. The number of hydrogen-bond donors (Lipinski definition) is 1. The molecule has 2 aromatic rings. The van der Waals surface area contributed by atoms with Crippen molar-refractivity contribution < 1.29 is 19.4 Å². The molecular weight excluding hydrogens is 376 g/mol. The number of amidine groups is 1. The second-order valence-corrected chi connectivity index (χ2v) is 7.12. The van der Waals surface area contributed by atoms with Crippen molar-refractivity contribution in [2.75, 3.05) is 13.7 Å². The third-order valence-electron chi connectivity index (χ3n) is 4.01. The molecule has 0 atom stereocenters. The number of carbonyl (C=O) groups excluding carboxylic acids is 1. The molecule has 6 nitrogen and oxygen atoms in total. The lowest BCUT2D eigenvalue weighted by Crippen LogP contribution is -2.23. The number of hydrogen-bond acceptors (Lipinski definition) is 5. The van der Waals surface area contributed by atoms with E-state index < -0.39 is 5.97 Å². The maximum Gasteiger partial charge on any atom is 0.335 e. The Labute approximate surface area is 167 Å². The molecule has 2 aromatic carbocycles. The first-order valence-corrected chi connectivity index (χ1v) is 9.62. The van der Waals surface area contributed by atoms with Gasteiger partial charge in [-0.3, -0.25) is 9.69 Å². The molecule has 1 aliphatic rings. The fraction of sp³-hybridized carbons (Fsp3) is 0.190. The number of thioether (sulfide) groups is 1. The Hall–Kier alpha value is -3.06. The van der Waals surface area contributed by atoms with Gasteiger partial charge >= 0.3 is 5.97 Å². The van der Waals surface area contributed by atoms with Crippen molar-refractivity contribution in [2.24, 2.45) is 4.99 Å². The number of likely N-dealkylation sites (N-methyl/N-ethyl adjacent to an activating group) is 1. The topological polar surface area (TPSA) is 79.2 Å². The second kappa shape index (κ2) is 8.75. The number of ether oxygens (including phenoxy) is 1. The molecule has 1 amide bonds. The summed E-state index contributed by atoms with van der Waals surface area (Å²) in [6.07, 6.45) is 2.71. The summed E-state index contributed by atoms with van der Waals surface area (Å²) in [6.45, 7) is 2.65. The molecule has 28 heavy (non-hydrogen) atoms. The van der Waals surface area contributed by atoms with E-state index >= 15 is 0 Å². The molecule has 1 aliphatic heterocycles. The van der Waals surface area contributed by atoms with Crippen LogP contribution >= 0.6 is 11.8 Å². The summed E-state index contributed by atoms with van der Waals surface area (Å²) in [5, 5.41) is 9.51. The smallest absolute Gasteiger partial charge is 0.335 e. The molecule has 0 saturated carbocycles. The molecule has 1 heterocycles. The van der Waals surface area contributed by atoms with E-state index in [4.69, 9.17) is 9.84 Å². The molecule has 0 radical (unpaired) electrons. The van der Waals surface area contributed by atoms with Crippen LogP contribution in [0.15, 0.2) is 58.4 Å². The van der Waals surface area contributed by atoms with Crippen molar-refractivity contribution in [3.8, 4) is 5.75 Å². The van der Waals surface area contributed by atoms with E-state index in [9.17, 15) is 9.59 Å². The second-order valence-electron chi connectivity index (χ2n) is 6.11. The Morgan fingerprint density at radius 2 is 1.93 bits per heavy atom. The average molecular weight is 396 g/mol. The van der Waals surface area contributed by atoms with E-state index in [1.165, 1.54) is 28.8 Å². The number of benzene rings is 2. The predicted molar refractivity (Wildman–Crippen MR) is 111 cm³/mol. The van der Waals surface area contributed by atoms with Crippen molar-refractivity contribution in [3.05, 3.63) is 64.6 Å². The number of para-hydroxylation sites is 1. The van der Waals surface area contributed by atoms with Gasteiger partial charge < -0.3 is 9.84 Å². The standard InChI is InChI=1S/C21H20N2O4S/c1-3-12-27-17-7-5-4-6-15(17)13-18-19(24)23(2)21(28-18)22-16-10-8-14(9-11-16)20(25)26/h4-11,13H,3,12H2,1-2H3,(H,25,26)/b18-13-,22-21?. The number of rotatable bonds is 6. The van der Waals surface area contributed by atoms with Crippen molar-refractivity contribution in [2.45, 2.75) is 13.3 Å². The van der Waals surface area contributed by atoms with Crippen LogP contribution in [0, 0.1) is 0 Å². The van der Waals surface area contributed by atoms with E-state index in [-0.39, 0.29) is 11.5 Å². The fourth-order valence-electron chi connectivity index (χ4n) is 2.53. The molecule has 0 bridgehead atoms. The average Bonchev–Trinajstić information content (AvgIpc) is 2.95. The largest absolute Gasteiger partial charge is 0.493 e. The lowest BCUT2D eigenvalue weighted by atomic mass is 10.2. The molecule has 1 saturated heterocycles. The van der Waals surface area contributed by atoms with Gasteiger partial charge in [-0.15, -0.1) is 0 Å². The van der Waals surface area contributed by atoms with Gasteiger partial charge in [-0.05, 0) is 54.6 Å². The van der Waals surface area contributed by atoms with Crippen molar-refractivity contribution in [1.29, 1.82) is 0 Å². The third kappa shape index (κ3) is 4.43. The van der Waals surface area contributed by atoms with Crippen molar-refractivity contribution in [3.63, 3.8) is 0 Å². The van der Waals surface area contributed by atoms with Gasteiger partial charge in [0.15, 0.2) is 5.17 Å². The van der Waals surface area contributed by atoms with Crippen LogP contribution in [0.4, 0.5) is 5.69 Å². The Bertz CT molecular complexity index is 951. The van der Waals surface area contributed by atoms with E-state index in [1.54, 1.807) is 19.2 Å². The Morgan fingerprint density at radius 1 is 1.21 bits per heavy atom. The van der Waals surface area contributed by atoms with E-state index in [2.05, 4.69) is 4.99 Å². The number of carbonyl (C=O) groups is 2. The number of amides is 1. The molecule has 1 fully saturated rings. The molecular formula is C21H20N2O4S. The molecule has 144 valence electrons. The first kappa shape index (κ1) is 19.7. The molecule has 0 aromatic heterocycles. The Kier molecular flexibility index (Phi) is 6.16. The first-order valence-electron chi connectivity index (χ1n) is 8.81. The highest BCUT2D eigenvalue weighted by Gasteiger charge is 2.30. The minimum Gasteiger partial charge on any atom is -0.493 e. The quantitative estimate of drug-likeness (QED) is 0.732. The molecule has 0 spiro atoms. The number of carboxylic acid groups (broad SMARTS) is 1. The van der Waals surface area contributed by atoms with Gasteiger partial charge in [0.25, 0.3) is 5.91 Å². The summed E-state index contributed by atoms with van der Waals surface area (Å²) in [6, 6.07) is 13.8. The summed E-state index contributed by atoms with van der Waals surface area (Å²) in [7, 11) is 1.67. The zero-order valence-electron chi connectivity index (χ0n) is 15.6. The van der Waals surface area contributed by atoms with Crippen LogP contribution in [0.25, 0.3) is 6.08 Å². The van der Waals surface area contributed by atoms with Crippen molar-refractivity contribution >= 4 is 40.6 Å². The summed E-state index contributed by atoms with van der Waals surface area (Å²) in [4.78, 5) is 30.1. The fourth-order valence-corrected chi connectivity index (χ4v) is 3.50. The Morgan fingerprint density at radius 3 is 2.61 bits per heavy atom. The monoisotopic (exact) mass is 396 g/mol. The normalized spacial score (nSPS) is 16.8. The maximum absolute atomic E-state index is 12.6. The maximum atomic E-state index is 12.6. The van der Waals surface area contributed by atoms with Crippen LogP contribution in [-0.4, -0.2) is 40.7 Å². The van der Waals surface area contributed by atoms with Crippen LogP contribution in [0.5, 0.6) is 5.75 Å². The van der Waals surface area contributed by atoms with Gasteiger partial charge in [0, 0.05) is 12.6 Å². The first-order chi connectivity index (χ1) is 13.5. The summed E-state index contributed by atoms with van der Waals surface area (Å²) in [5.74, 6) is -0.394. The zero-order chi connectivity index (χ0) is 20.1. The van der Waals surface area contributed by atoms with Crippen molar-refractivity contribution in [1.82, 2.24) is 4.90 Å². The Balaban J connectivity index is 1.85. The number of aromatic carboxylic acids is 1. The molecule has 0 aliphatic carbocycles. The van der Waals surface area contributed by atoms with Gasteiger partial charge in [-0.2, -0.15) is 0 Å².